The van der Waals surface area contributed by atoms with Crippen LogP contribution in [0.3, 0.4) is 0 Å². The number of nitrogens with zero attached hydrogens (tertiary/aromatic N) is 1. The van der Waals surface area contributed by atoms with Gasteiger partial charge in [0.1, 0.15) is 5.82 Å². The summed E-state index contributed by atoms with van der Waals surface area (Å²) in [4.78, 5) is 17.6. The highest BCUT2D eigenvalue weighted by Gasteiger charge is 2.34. The summed E-state index contributed by atoms with van der Waals surface area (Å²) >= 11 is 0. The van der Waals surface area contributed by atoms with Gasteiger partial charge in [-0.3, -0.25) is 9.69 Å². The minimum atomic E-state index is -0.0114. The van der Waals surface area contributed by atoms with Crippen LogP contribution in [0.25, 0.3) is 10.8 Å². The van der Waals surface area contributed by atoms with Gasteiger partial charge in [-0.05, 0) is 36.8 Å². The van der Waals surface area contributed by atoms with E-state index in [0.717, 1.165) is 35.6 Å². The fourth-order valence-electron chi connectivity index (χ4n) is 3.19. The number of H-pyrrole nitrogens is 1. The fraction of sp³-hybridized carbons (Fsp3) is 0.438. The molecule has 4 rings (SSSR count). The Bertz CT molecular complexity index is 689. The van der Waals surface area contributed by atoms with Gasteiger partial charge >= 0.3 is 0 Å². The van der Waals surface area contributed by atoms with E-state index in [1.54, 1.807) is 0 Å². The second-order valence-electron chi connectivity index (χ2n) is 5.96. The summed E-state index contributed by atoms with van der Waals surface area (Å²) in [5.74, 6) is 0.844. The lowest BCUT2D eigenvalue weighted by atomic mass is 10.1. The van der Waals surface area contributed by atoms with E-state index in [-0.39, 0.29) is 5.56 Å². The Balaban J connectivity index is 1.55. The number of aromatic nitrogens is 1. The van der Waals surface area contributed by atoms with Gasteiger partial charge in [-0.15, -0.1) is 0 Å². The molecule has 0 bridgehead atoms. The first-order valence-corrected chi connectivity index (χ1v) is 7.42. The topological polar surface area (TPSA) is 48.1 Å². The van der Waals surface area contributed by atoms with E-state index in [1.807, 2.05) is 30.3 Å². The molecule has 1 atom stereocenters. The van der Waals surface area contributed by atoms with E-state index in [1.165, 1.54) is 19.4 Å². The summed E-state index contributed by atoms with van der Waals surface area (Å²) < 4.78 is 0. The summed E-state index contributed by atoms with van der Waals surface area (Å²) in [6.45, 7) is 2.28. The fourth-order valence-corrected chi connectivity index (χ4v) is 3.19. The highest BCUT2D eigenvalue weighted by atomic mass is 16.1. The van der Waals surface area contributed by atoms with Crippen molar-refractivity contribution in [3.8, 4) is 0 Å². The van der Waals surface area contributed by atoms with Crippen molar-refractivity contribution in [1.29, 1.82) is 0 Å². The van der Waals surface area contributed by atoms with E-state index in [4.69, 9.17) is 0 Å². The number of pyridine rings is 1. The summed E-state index contributed by atoms with van der Waals surface area (Å²) in [7, 11) is 0. The highest BCUT2D eigenvalue weighted by Crippen LogP contribution is 2.30. The maximum Gasteiger partial charge on any atom is 0.257 e. The van der Waals surface area contributed by atoms with E-state index < -0.39 is 0 Å². The summed E-state index contributed by atoms with van der Waals surface area (Å²) in [6.07, 6.45) is 3.88. The second-order valence-corrected chi connectivity index (χ2v) is 5.96. The van der Waals surface area contributed by atoms with Crippen LogP contribution in [0.4, 0.5) is 5.82 Å². The molecule has 4 nitrogen and oxygen atoms in total. The molecule has 1 aliphatic heterocycles. The van der Waals surface area contributed by atoms with Gasteiger partial charge in [-0.25, -0.2) is 0 Å². The van der Waals surface area contributed by atoms with Crippen molar-refractivity contribution >= 4 is 16.6 Å². The molecule has 1 aliphatic carbocycles. The molecular weight excluding hydrogens is 250 g/mol. The van der Waals surface area contributed by atoms with Crippen LogP contribution in [0.15, 0.2) is 35.1 Å². The third-order valence-corrected chi connectivity index (χ3v) is 4.40. The molecule has 2 N–H and O–H groups in total. The maximum absolute atomic E-state index is 12.0. The van der Waals surface area contributed by atoms with Gasteiger partial charge < -0.3 is 10.3 Å². The van der Waals surface area contributed by atoms with Gasteiger partial charge in [0, 0.05) is 30.6 Å². The first-order chi connectivity index (χ1) is 9.79. The molecule has 2 fully saturated rings. The first kappa shape index (κ1) is 12.0. The standard InChI is InChI=1S/C16H19N3O/c20-16-14-4-2-1-3-11(14)9-15(18-16)17-12-7-8-19(10-12)13-5-6-13/h1-4,9,12-13H,5-8,10H2,(H2,17,18,20). The number of aromatic amines is 1. The molecule has 1 aromatic heterocycles. The van der Waals surface area contributed by atoms with Gasteiger partial charge in [-0.2, -0.15) is 0 Å². The molecule has 0 spiro atoms. The average Bonchev–Trinajstić information content (AvgIpc) is 3.20. The number of rotatable bonds is 3. The smallest absolute Gasteiger partial charge is 0.257 e. The quantitative estimate of drug-likeness (QED) is 0.898. The van der Waals surface area contributed by atoms with Gasteiger partial charge in [0.2, 0.25) is 0 Å². The van der Waals surface area contributed by atoms with Crippen molar-refractivity contribution in [2.75, 3.05) is 18.4 Å². The van der Waals surface area contributed by atoms with Crippen LogP contribution in [0, 0.1) is 0 Å². The zero-order valence-electron chi connectivity index (χ0n) is 11.4. The molecule has 1 saturated carbocycles. The van der Waals surface area contributed by atoms with Crippen LogP contribution in [0.5, 0.6) is 0 Å². The summed E-state index contributed by atoms with van der Waals surface area (Å²) in [6, 6.07) is 11.0. The van der Waals surface area contributed by atoms with Crippen LogP contribution < -0.4 is 10.9 Å². The highest BCUT2D eigenvalue weighted by molar-refractivity contribution is 5.83. The molecule has 1 unspecified atom stereocenters. The number of hydrogen-bond donors (Lipinski definition) is 2. The lowest BCUT2D eigenvalue weighted by Gasteiger charge is -2.16. The Morgan fingerprint density at radius 3 is 2.90 bits per heavy atom. The molecule has 2 heterocycles. The van der Waals surface area contributed by atoms with Crippen LogP contribution in [0.1, 0.15) is 19.3 Å². The predicted octanol–water partition coefficient (Wildman–Crippen LogP) is 2.18. The third kappa shape index (κ3) is 2.20. The molecule has 0 amide bonds. The predicted molar refractivity (Wildman–Crippen MR) is 81.2 cm³/mol. The molecule has 1 aromatic carbocycles. The number of hydrogen-bond acceptors (Lipinski definition) is 3. The molecular formula is C16H19N3O. The minimum absolute atomic E-state index is 0.0114. The van der Waals surface area contributed by atoms with Crippen LogP contribution in [0.2, 0.25) is 0 Å². The number of nitrogens with one attached hydrogen (secondary N) is 2. The molecule has 2 aliphatic rings. The third-order valence-electron chi connectivity index (χ3n) is 4.40. The number of benzene rings is 1. The van der Waals surface area contributed by atoms with E-state index in [9.17, 15) is 4.79 Å². The monoisotopic (exact) mass is 269 g/mol. The number of fused-ring (bicyclic) bond motifs is 1. The zero-order valence-corrected chi connectivity index (χ0v) is 11.4. The Kier molecular flexibility index (Phi) is 2.77. The zero-order chi connectivity index (χ0) is 13.5. The van der Waals surface area contributed by atoms with Crippen molar-refractivity contribution in [1.82, 2.24) is 9.88 Å². The van der Waals surface area contributed by atoms with Gasteiger partial charge in [0.25, 0.3) is 5.56 Å². The molecule has 1 saturated heterocycles. The van der Waals surface area contributed by atoms with Gasteiger partial charge in [0.15, 0.2) is 0 Å². The van der Waals surface area contributed by atoms with Crippen LogP contribution in [-0.4, -0.2) is 35.1 Å². The Morgan fingerprint density at radius 2 is 2.05 bits per heavy atom. The Morgan fingerprint density at radius 1 is 1.20 bits per heavy atom. The molecule has 104 valence electrons. The number of anilines is 1. The molecule has 4 heteroatoms. The van der Waals surface area contributed by atoms with Crippen LogP contribution >= 0.6 is 0 Å². The van der Waals surface area contributed by atoms with E-state index in [2.05, 4.69) is 15.2 Å². The van der Waals surface area contributed by atoms with Gasteiger partial charge in [-0.1, -0.05) is 18.2 Å². The largest absolute Gasteiger partial charge is 0.367 e. The lowest BCUT2D eigenvalue weighted by molar-refractivity contribution is 0.326. The Labute approximate surface area is 117 Å². The van der Waals surface area contributed by atoms with Crippen molar-refractivity contribution in [3.63, 3.8) is 0 Å². The molecule has 20 heavy (non-hydrogen) atoms. The van der Waals surface area contributed by atoms with E-state index >= 15 is 0 Å². The second kappa shape index (κ2) is 4.63. The summed E-state index contributed by atoms with van der Waals surface area (Å²) in [5.41, 5.74) is -0.0114. The average molecular weight is 269 g/mol. The lowest BCUT2D eigenvalue weighted by Crippen LogP contribution is -2.28. The van der Waals surface area contributed by atoms with E-state index in [0.29, 0.717) is 6.04 Å². The summed E-state index contributed by atoms with van der Waals surface area (Å²) in [5, 5.41) is 5.24. The number of likely N-dealkylation sites (tertiary alicyclic amines) is 1. The van der Waals surface area contributed by atoms with Crippen LogP contribution in [-0.2, 0) is 0 Å². The Hall–Kier alpha value is -1.81. The maximum atomic E-state index is 12.0. The minimum Gasteiger partial charge on any atom is -0.367 e. The normalized spacial score (nSPS) is 23.3. The molecule has 0 radical (unpaired) electrons. The van der Waals surface area contributed by atoms with Gasteiger partial charge in [0.05, 0.1) is 0 Å². The van der Waals surface area contributed by atoms with Crippen molar-refractivity contribution < 1.29 is 0 Å². The van der Waals surface area contributed by atoms with Crippen molar-refractivity contribution in [2.45, 2.75) is 31.3 Å². The van der Waals surface area contributed by atoms with Crippen molar-refractivity contribution in [3.05, 3.63) is 40.7 Å². The first-order valence-electron chi connectivity index (χ1n) is 7.42. The van der Waals surface area contributed by atoms with Crippen molar-refractivity contribution in [2.24, 2.45) is 0 Å². The molecule has 2 aromatic rings. The SMILES string of the molecule is O=c1[nH]c(NC2CCN(C3CC3)C2)cc2ccccc12.